The average molecular weight is 713 g/mol. The molecule has 0 saturated heterocycles. The minimum Gasteiger partial charge on any atom is -0.497 e. The van der Waals surface area contributed by atoms with Crippen LogP contribution in [0.2, 0.25) is 5.02 Å². The molecule has 4 aromatic rings. The molecule has 0 bridgehead atoms. The van der Waals surface area contributed by atoms with Gasteiger partial charge >= 0.3 is 11.9 Å². The molecule has 0 spiro atoms. The molecule has 0 fully saturated rings. The van der Waals surface area contributed by atoms with Crippen LogP contribution in [-0.4, -0.2) is 60.7 Å². The maximum absolute atomic E-state index is 13.5. The van der Waals surface area contributed by atoms with Crippen molar-refractivity contribution in [1.29, 1.82) is 0 Å². The number of anilines is 1. The lowest BCUT2D eigenvalue weighted by Gasteiger charge is -2.20. The number of nitrogen functional groups attached to an aromatic ring is 1. The minimum absolute atomic E-state index is 0.0206. The van der Waals surface area contributed by atoms with E-state index in [4.69, 9.17) is 31.5 Å². The molecule has 9 nitrogen and oxygen atoms in total. The number of nitrogens with two attached hydrogens (primary N) is 1. The van der Waals surface area contributed by atoms with E-state index in [1.807, 2.05) is 13.0 Å². The van der Waals surface area contributed by atoms with Crippen LogP contribution in [0.3, 0.4) is 0 Å². The SMILES string of the molecule is CCN(CC)Cc1cc(C(=O)OCCCCOC(=O)Cc2c(C)n(C(=O)c3ccc(Cl)cc3)c3ccc(OC)cc23)cc(Br)c1N. The number of unbranched alkanes of at least 4 members (excludes halogenated alkanes) is 1. The summed E-state index contributed by atoms with van der Waals surface area (Å²) in [5.41, 5.74) is 10.6. The van der Waals surface area contributed by atoms with Gasteiger partial charge in [0.1, 0.15) is 5.75 Å². The van der Waals surface area contributed by atoms with Crippen LogP contribution in [0.1, 0.15) is 64.2 Å². The summed E-state index contributed by atoms with van der Waals surface area (Å²) in [5.74, 6) is -0.480. The summed E-state index contributed by atoms with van der Waals surface area (Å²) in [6.07, 6.45) is 1.01. The van der Waals surface area contributed by atoms with Gasteiger partial charge in [-0.05, 0) is 115 Å². The summed E-state index contributed by atoms with van der Waals surface area (Å²) in [7, 11) is 1.56. The van der Waals surface area contributed by atoms with Gasteiger partial charge in [0, 0.05) is 32.7 Å². The zero-order chi connectivity index (χ0) is 33.4. The summed E-state index contributed by atoms with van der Waals surface area (Å²) in [6.45, 7) is 8.69. The molecular weight excluding hydrogens is 674 g/mol. The largest absolute Gasteiger partial charge is 0.497 e. The highest BCUT2D eigenvalue weighted by atomic mass is 79.9. The summed E-state index contributed by atoms with van der Waals surface area (Å²) in [5, 5.41) is 1.27. The van der Waals surface area contributed by atoms with Crippen LogP contribution in [0.5, 0.6) is 5.75 Å². The van der Waals surface area contributed by atoms with E-state index in [0.717, 1.165) is 24.0 Å². The number of halogens is 2. The molecule has 0 amide bonds. The molecule has 244 valence electrons. The second-order valence-corrected chi connectivity index (χ2v) is 12.1. The van der Waals surface area contributed by atoms with Gasteiger partial charge in [-0.25, -0.2) is 4.79 Å². The second-order valence-electron chi connectivity index (χ2n) is 10.8. The zero-order valence-corrected chi connectivity index (χ0v) is 28.9. The van der Waals surface area contributed by atoms with Gasteiger partial charge in [0.05, 0.1) is 43.5 Å². The van der Waals surface area contributed by atoms with Gasteiger partial charge in [0.2, 0.25) is 0 Å². The fourth-order valence-corrected chi connectivity index (χ4v) is 5.87. The lowest BCUT2D eigenvalue weighted by atomic mass is 10.1. The van der Waals surface area contributed by atoms with E-state index in [1.165, 1.54) is 0 Å². The molecule has 0 aliphatic heterocycles. The van der Waals surface area contributed by atoms with Gasteiger partial charge in [-0.15, -0.1) is 0 Å². The van der Waals surface area contributed by atoms with Crippen molar-refractivity contribution in [3.8, 4) is 5.75 Å². The fourth-order valence-electron chi connectivity index (χ4n) is 5.24. The van der Waals surface area contributed by atoms with Gasteiger partial charge < -0.3 is 19.9 Å². The third-order valence-corrected chi connectivity index (χ3v) is 8.84. The Hall–Kier alpha value is -3.86. The van der Waals surface area contributed by atoms with Gasteiger partial charge in [0.15, 0.2) is 0 Å². The minimum atomic E-state index is -0.436. The third kappa shape index (κ3) is 8.29. The quantitative estimate of drug-likeness (QED) is 0.0830. The lowest BCUT2D eigenvalue weighted by molar-refractivity contribution is -0.143. The van der Waals surface area contributed by atoms with E-state index < -0.39 is 11.9 Å². The molecule has 1 heterocycles. The van der Waals surface area contributed by atoms with Crippen LogP contribution in [0.15, 0.2) is 59.1 Å². The number of carbonyl (C=O) groups excluding carboxylic acids is 3. The number of benzene rings is 3. The second kappa shape index (κ2) is 16.1. The number of carbonyl (C=O) groups is 3. The summed E-state index contributed by atoms with van der Waals surface area (Å²) in [6, 6.07) is 15.5. The van der Waals surface area contributed by atoms with Crippen LogP contribution in [0, 0.1) is 6.92 Å². The van der Waals surface area contributed by atoms with Crippen molar-refractivity contribution in [2.75, 3.05) is 39.1 Å². The Bertz CT molecular complexity index is 1720. The average Bonchev–Trinajstić information content (AvgIpc) is 3.32. The highest BCUT2D eigenvalue weighted by Gasteiger charge is 2.23. The maximum Gasteiger partial charge on any atom is 0.338 e. The number of methoxy groups -OCH3 is 1. The molecule has 0 aliphatic rings. The Balaban J connectivity index is 1.34. The standard InChI is InChI=1S/C35H39BrClN3O6/c1-5-39(6-2)21-25-17-24(18-30(36)33(25)38)35(43)46-16-8-7-15-45-32(41)20-28-22(3)40(31-14-13-27(44-4)19-29(28)31)34(42)23-9-11-26(37)12-10-23/h9-14,17-19H,5-8,15-16,20-21,38H2,1-4H3. The van der Waals surface area contributed by atoms with Crippen molar-refractivity contribution < 1.29 is 28.6 Å². The van der Waals surface area contributed by atoms with Crippen LogP contribution in [-0.2, 0) is 27.2 Å². The van der Waals surface area contributed by atoms with Crippen LogP contribution in [0.4, 0.5) is 5.69 Å². The van der Waals surface area contributed by atoms with E-state index in [2.05, 4.69) is 34.7 Å². The van der Waals surface area contributed by atoms with Gasteiger partial charge in [-0.3, -0.25) is 19.1 Å². The number of rotatable bonds is 14. The van der Waals surface area contributed by atoms with Crippen molar-refractivity contribution in [2.24, 2.45) is 0 Å². The molecule has 11 heteroatoms. The molecule has 4 rings (SSSR count). The maximum atomic E-state index is 13.5. The van der Waals surface area contributed by atoms with Gasteiger partial charge in [-0.2, -0.15) is 0 Å². The van der Waals surface area contributed by atoms with Crippen molar-refractivity contribution >= 4 is 62.0 Å². The molecular formula is C35H39BrClN3O6. The Morgan fingerprint density at radius 1 is 0.935 bits per heavy atom. The Morgan fingerprint density at radius 2 is 1.61 bits per heavy atom. The van der Waals surface area contributed by atoms with Crippen LogP contribution < -0.4 is 10.5 Å². The molecule has 46 heavy (non-hydrogen) atoms. The van der Waals surface area contributed by atoms with Crippen molar-refractivity contribution in [1.82, 2.24) is 9.47 Å². The van der Waals surface area contributed by atoms with E-state index in [0.29, 0.717) is 68.2 Å². The van der Waals surface area contributed by atoms with E-state index in [1.54, 1.807) is 60.2 Å². The predicted octanol–water partition coefficient (Wildman–Crippen LogP) is 7.21. The third-order valence-electron chi connectivity index (χ3n) is 7.93. The number of esters is 2. The first-order chi connectivity index (χ1) is 22.1. The van der Waals surface area contributed by atoms with E-state index in [9.17, 15) is 14.4 Å². The normalized spacial score (nSPS) is 11.2. The zero-order valence-electron chi connectivity index (χ0n) is 26.5. The first-order valence-electron chi connectivity index (χ1n) is 15.2. The highest BCUT2D eigenvalue weighted by molar-refractivity contribution is 9.10. The smallest absolute Gasteiger partial charge is 0.338 e. The topological polar surface area (TPSA) is 113 Å². The van der Waals surface area contributed by atoms with Crippen molar-refractivity contribution in [2.45, 2.75) is 46.6 Å². The molecule has 2 N–H and O–H groups in total. The fraction of sp³-hybridized carbons (Fsp3) is 0.343. The summed E-state index contributed by atoms with van der Waals surface area (Å²) >= 11 is 9.47. The van der Waals surface area contributed by atoms with E-state index in [-0.39, 0.29) is 25.5 Å². The molecule has 3 aromatic carbocycles. The molecule has 1 aromatic heterocycles. The first-order valence-corrected chi connectivity index (χ1v) is 16.4. The van der Waals surface area contributed by atoms with Crippen LogP contribution >= 0.6 is 27.5 Å². The number of ether oxygens (including phenoxy) is 3. The highest BCUT2D eigenvalue weighted by Crippen LogP contribution is 2.31. The number of aromatic nitrogens is 1. The van der Waals surface area contributed by atoms with Gasteiger partial charge in [-0.1, -0.05) is 25.4 Å². The predicted molar refractivity (Wildman–Crippen MR) is 184 cm³/mol. The van der Waals surface area contributed by atoms with Gasteiger partial charge in [0.25, 0.3) is 5.91 Å². The Morgan fingerprint density at radius 3 is 2.26 bits per heavy atom. The molecule has 0 unspecified atom stereocenters. The Kier molecular flexibility index (Phi) is 12.3. The summed E-state index contributed by atoms with van der Waals surface area (Å²) < 4.78 is 18.7. The Labute approximate surface area is 282 Å². The molecule has 0 saturated carbocycles. The molecule has 0 atom stereocenters. The number of hydrogen-bond donors (Lipinski definition) is 1. The van der Waals surface area contributed by atoms with Crippen molar-refractivity contribution in [3.05, 3.63) is 92.0 Å². The summed E-state index contributed by atoms with van der Waals surface area (Å²) in [4.78, 5) is 41.4. The van der Waals surface area contributed by atoms with Crippen LogP contribution in [0.25, 0.3) is 10.9 Å². The van der Waals surface area contributed by atoms with E-state index >= 15 is 0 Å². The van der Waals surface area contributed by atoms with Crippen molar-refractivity contribution in [3.63, 3.8) is 0 Å². The number of nitrogens with zero attached hydrogens (tertiary/aromatic N) is 2. The lowest BCUT2D eigenvalue weighted by Crippen LogP contribution is -2.23. The molecule has 0 radical (unpaired) electrons. The molecule has 0 aliphatic carbocycles. The monoisotopic (exact) mass is 711 g/mol. The number of fused-ring (bicyclic) bond motifs is 1. The first kappa shape index (κ1) is 35.0. The number of hydrogen-bond acceptors (Lipinski definition) is 8.